The van der Waals surface area contributed by atoms with Crippen LogP contribution in [0, 0.1) is 11.8 Å². The Morgan fingerprint density at radius 1 is 1.02 bits per heavy atom. The first kappa shape index (κ1) is 30.9. The topological polar surface area (TPSA) is 194 Å². The average molecular weight is 605 g/mol. The Hall–Kier alpha value is -4.52. The van der Waals surface area contributed by atoms with Crippen LogP contribution >= 0.6 is 0 Å². The van der Waals surface area contributed by atoms with Crippen LogP contribution in [0.25, 0.3) is 11.1 Å². The lowest BCUT2D eigenvalue weighted by Gasteiger charge is -2.50. The van der Waals surface area contributed by atoms with Gasteiger partial charge >= 0.3 is 0 Å². The number of carbonyl (C=O) groups is 4. The van der Waals surface area contributed by atoms with Crippen molar-refractivity contribution in [2.75, 3.05) is 41.3 Å². The molecule has 232 valence electrons. The molecule has 0 radical (unpaired) electrons. The third-order valence-corrected chi connectivity index (χ3v) is 8.91. The Bertz CT molecular complexity index is 1640. The molecule has 0 bridgehead atoms. The van der Waals surface area contributed by atoms with E-state index in [0.717, 1.165) is 0 Å². The molecule has 44 heavy (non-hydrogen) atoms. The number of hydrogen-bond donors (Lipinski definition) is 6. The monoisotopic (exact) mass is 604 g/mol. The normalized spacial score (nSPS) is 24.8. The quantitative estimate of drug-likeness (QED) is 0.249. The first-order chi connectivity index (χ1) is 20.7. The van der Waals surface area contributed by atoms with Gasteiger partial charge in [-0.05, 0) is 81.8 Å². The fraction of sp³-hybridized carbons (Fsp3) is 0.375. The summed E-state index contributed by atoms with van der Waals surface area (Å²) in [6, 6.07) is 8.78. The number of hydrogen-bond acceptors (Lipinski definition) is 10. The Morgan fingerprint density at radius 3 is 2.27 bits per heavy atom. The summed E-state index contributed by atoms with van der Waals surface area (Å²) in [5.74, 6) is -7.21. The first-order valence-electron chi connectivity index (χ1n) is 14.2. The predicted molar refractivity (Wildman–Crippen MR) is 160 cm³/mol. The molecule has 0 saturated carbocycles. The number of benzene rings is 2. The van der Waals surface area contributed by atoms with E-state index in [1.54, 1.807) is 44.4 Å². The summed E-state index contributed by atoms with van der Waals surface area (Å²) < 4.78 is 0. The molecule has 12 heteroatoms. The number of rotatable bonds is 7. The number of likely N-dealkylation sites (N-methyl/N-ethyl adjacent to an activating group) is 2. The van der Waals surface area contributed by atoms with Crippen molar-refractivity contribution >= 4 is 23.4 Å². The number of carbonyl (C=O) groups excluding carboxylic acids is 4. The third kappa shape index (κ3) is 4.75. The van der Waals surface area contributed by atoms with Crippen LogP contribution in [-0.2, 0) is 16.0 Å². The van der Waals surface area contributed by atoms with E-state index in [4.69, 9.17) is 5.73 Å². The number of allylic oxidation sites excluding steroid dienone is 1. The number of fused-ring (bicyclic) bond motifs is 3. The van der Waals surface area contributed by atoms with Gasteiger partial charge in [0.05, 0.1) is 11.6 Å². The number of aliphatic hydroxyl groups excluding tert-OH is 2. The number of Topliss-reactive ketones (excluding diaryl/α,β-unsaturated/α-hetero) is 2. The molecule has 0 fully saturated rings. The number of nitrogens with two attached hydrogens (primary N) is 1. The second kappa shape index (κ2) is 11.2. The van der Waals surface area contributed by atoms with E-state index in [1.807, 2.05) is 19.0 Å². The maximum atomic E-state index is 14.0. The molecule has 0 heterocycles. The van der Waals surface area contributed by atoms with Crippen molar-refractivity contribution in [3.8, 4) is 16.9 Å². The minimum Gasteiger partial charge on any atom is -0.510 e. The van der Waals surface area contributed by atoms with Crippen LogP contribution in [0.15, 0.2) is 59.1 Å². The van der Waals surface area contributed by atoms with E-state index in [-0.39, 0.29) is 35.6 Å². The number of phenolic OH excluding ortho intramolecular Hbond substituents is 1. The zero-order chi connectivity index (χ0) is 32.2. The number of amides is 2. The highest BCUT2D eigenvalue weighted by atomic mass is 16.3. The summed E-state index contributed by atoms with van der Waals surface area (Å²) in [6.45, 7) is 1.17. The largest absolute Gasteiger partial charge is 0.510 e. The fourth-order valence-corrected chi connectivity index (χ4v) is 6.82. The highest BCUT2D eigenvalue weighted by molar-refractivity contribution is 6.25. The smallest absolute Gasteiger partial charge is 0.255 e. The summed E-state index contributed by atoms with van der Waals surface area (Å²) in [5.41, 5.74) is 3.83. The van der Waals surface area contributed by atoms with E-state index < -0.39 is 58.0 Å². The van der Waals surface area contributed by atoms with Crippen LogP contribution < -0.4 is 11.1 Å². The molecular formula is C32H36N4O8. The third-order valence-electron chi connectivity index (χ3n) is 8.91. The van der Waals surface area contributed by atoms with E-state index >= 15 is 0 Å². The maximum absolute atomic E-state index is 14.0. The maximum Gasteiger partial charge on any atom is 0.255 e. The van der Waals surface area contributed by atoms with Gasteiger partial charge in [-0.1, -0.05) is 18.2 Å². The molecule has 3 aliphatic rings. The summed E-state index contributed by atoms with van der Waals surface area (Å²) in [6.07, 6.45) is 0.151. The number of aromatic hydroxyl groups is 1. The zero-order valence-electron chi connectivity index (χ0n) is 24.9. The Balaban J connectivity index is 1.56. The van der Waals surface area contributed by atoms with Gasteiger partial charge in [0.1, 0.15) is 22.8 Å². The van der Waals surface area contributed by atoms with Gasteiger partial charge < -0.3 is 36.4 Å². The van der Waals surface area contributed by atoms with Gasteiger partial charge in [-0.3, -0.25) is 24.1 Å². The molecule has 0 aromatic heterocycles. The fourth-order valence-electron chi connectivity index (χ4n) is 6.82. The first-order valence-corrected chi connectivity index (χ1v) is 14.2. The van der Waals surface area contributed by atoms with E-state index in [1.165, 1.54) is 11.0 Å². The summed E-state index contributed by atoms with van der Waals surface area (Å²) in [4.78, 5) is 55.6. The number of aliphatic hydroxyl groups is 3. The molecule has 0 spiro atoms. The van der Waals surface area contributed by atoms with E-state index in [0.29, 0.717) is 35.3 Å². The van der Waals surface area contributed by atoms with Crippen molar-refractivity contribution in [3.63, 3.8) is 0 Å². The lowest BCUT2D eigenvalue weighted by molar-refractivity contribution is -0.148. The van der Waals surface area contributed by atoms with Gasteiger partial charge in [0.2, 0.25) is 5.78 Å². The van der Waals surface area contributed by atoms with Crippen LogP contribution in [-0.4, -0.2) is 107 Å². The van der Waals surface area contributed by atoms with E-state index in [2.05, 4.69) is 5.32 Å². The van der Waals surface area contributed by atoms with Crippen molar-refractivity contribution in [2.24, 2.45) is 17.6 Å². The minimum absolute atomic E-state index is 0.00703. The molecular weight excluding hydrogens is 568 g/mol. The van der Waals surface area contributed by atoms with Gasteiger partial charge in [0, 0.05) is 30.1 Å². The van der Waals surface area contributed by atoms with Crippen molar-refractivity contribution in [3.05, 3.63) is 75.8 Å². The molecule has 1 unspecified atom stereocenters. The molecule has 4 atom stereocenters. The molecule has 3 aliphatic carbocycles. The lowest BCUT2D eigenvalue weighted by atomic mass is 9.58. The number of primary amides is 1. The molecule has 7 N–H and O–H groups in total. The van der Waals surface area contributed by atoms with Crippen molar-refractivity contribution < 1.29 is 39.6 Å². The molecule has 2 aromatic carbocycles. The Labute approximate surface area is 254 Å². The van der Waals surface area contributed by atoms with Gasteiger partial charge in [-0.25, -0.2) is 0 Å². The Morgan fingerprint density at radius 2 is 1.68 bits per heavy atom. The standard InChI is InChI=1S/C32H36N4O8/c1-35(2)12-11-34-31(43)16-7-5-15(6-8-16)18-9-10-21(37)23-19(18)13-17-14-20-25(36(3)4)27(39)24(30(33)42)29(41)32(20,44)28(40)22(17)26(23)38/h5-10,17,20,25,37,39-40,44H,11-14H2,1-4H3,(H2,33,42)(H,34,43)/t17-,20-,25?,32-/m1/s1. The van der Waals surface area contributed by atoms with Gasteiger partial charge in [0.15, 0.2) is 11.4 Å². The Kier molecular flexibility index (Phi) is 7.87. The second-order valence-corrected chi connectivity index (χ2v) is 12.1. The SMILES string of the molecule is CN(C)CCNC(=O)c1ccc(-c2ccc(O)c3c2C[C@@H]2C[C@@H]4C(N(C)C)C(O)=C(C(N)=O)C(=O)[C@]4(O)C(O)=C2C3=O)cc1. The van der Waals surface area contributed by atoms with Crippen LogP contribution in [0.5, 0.6) is 5.75 Å². The number of ketones is 2. The summed E-state index contributed by atoms with van der Waals surface area (Å²) in [5, 5.41) is 47.8. The summed E-state index contributed by atoms with van der Waals surface area (Å²) >= 11 is 0. The van der Waals surface area contributed by atoms with Crippen LogP contribution in [0.1, 0.15) is 32.7 Å². The molecule has 12 nitrogen and oxygen atoms in total. The second-order valence-electron chi connectivity index (χ2n) is 12.1. The van der Waals surface area contributed by atoms with E-state index in [9.17, 15) is 39.6 Å². The number of nitrogens with zero attached hydrogens (tertiary/aromatic N) is 2. The van der Waals surface area contributed by atoms with Crippen molar-refractivity contribution in [2.45, 2.75) is 24.5 Å². The van der Waals surface area contributed by atoms with Crippen molar-refractivity contribution in [1.82, 2.24) is 15.1 Å². The predicted octanol–water partition coefficient (Wildman–Crippen LogP) is 1.08. The van der Waals surface area contributed by atoms with Crippen LogP contribution in [0.2, 0.25) is 0 Å². The molecule has 0 aliphatic heterocycles. The molecule has 2 aromatic rings. The molecule has 2 amide bonds. The molecule has 5 rings (SSSR count). The van der Waals surface area contributed by atoms with Crippen LogP contribution in [0.4, 0.5) is 0 Å². The minimum atomic E-state index is -2.69. The number of phenols is 1. The highest BCUT2D eigenvalue weighted by Gasteiger charge is 2.63. The van der Waals surface area contributed by atoms with Gasteiger partial charge in [0.25, 0.3) is 11.8 Å². The lowest BCUT2D eigenvalue weighted by Crippen LogP contribution is -2.63. The summed E-state index contributed by atoms with van der Waals surface area (Å²) in [7, 11) is 6.98. The van der Waals surface area contributed by atoms with Gasteiger partial charge in [-0.15, -0.1) is 0 Å². The van der Waals surface area contributed by atoms with Crippen molar-refractivity contribution in [1.29, 1.82) is 0 Å². The average Bonchev–Trinajstić information content (AvgIpc) is 2.94. The van der Waals surface area contributed by atoms with Gasteiger partial charge in [-0.2, -0.15) is 0 Å². The number of nitrogens with one attached hydrogen (secondary N) is 1. The highest BCUT2D eigenvalue weighted by Crippen LogP contribution is 2.53. The van der Waals surface area contributed by atoms with Crippen LogP contribution in [0.3, 0.4) is 0 Å². The zero-order valence-corrected chi connectivity index (χ0v) is 24.9. The molecule has 0 saturated heterocycles.